The number of hydrogen-bond donors (Lipinski definition) is 1. The number of nitrogens with zero attached hydrogens (tertiary/aromatic N) is 2. The fourth-order valence-corrected chi connectivity index (χ4v) is 3.48. The second kappa shape index (κ2) is 7.26. The van der Waals surface area contributed by atoms with E-state index in [1.54, 1.807) is 13.3 Å². The Hall–Kier alpha value is -1.37. The molecule has 1 aromatic heterocycles. The number of fused-ring (bicyclic) bond motifs is 1. The van der Waals surface area contributed by atoms with E-state index >= 15 is 0 Å². The summed E-state index contributed by atoms with van der Waals surface area (Å²) in [6, 6.07) is 4.09. The van der Waals surface area contributed by atoms with Crippen molar-refractivity contribution in [1.82, 2.24) is 14.8 Å². The zero-order valence-corrected chi connectivity index (χ0v) is 13.2. The van der Waals surface area contributed by atoms with E-state index in [2.05, 4.69) is 9.88 Å². The Morgan fingerprint density at radius 3 is 3.05 bits per heavy atom. The average molecular weight is 307 g/mol. The molecule has 1 amide bonds. The van der Waals surface area contributed by atoms with Gasteiger partial charge in [0.2, 0.25) is 0 Å². The molecule has 0 aliphatic carbocycles. The molecule has 0 saturated carbocycles. The first-order valence-electron chi connectivity index (χ1n) is 8.07. The summed E-state index contributed by atoms with van der Waals surface area (Å²) in [5, 5.41) is 0. The summed E-state index contributed by atoms with van der Waals surface area (Å²) in [4.78, 5) is 19.9. The number of carbonyl (C=O) groups is 1. The van der Waals surface area contributed by atoms with Gasteiger partial charge in [0.15, 0.2) is 0 Å². The first-order chi connectivity index (χ1) is 10.8. The van der Waals surface area contributed by atoms with E-state index in [1.165, 1.54) is 0 Å². The van der Waals surface area contributed by atoms with E-state index in [-0.39, 0.29) is 12.0 Å². The van der Waals surface area contributed by atoms with Crippen LogP contribution in [0.5, 0.6) is 0 Å². The summed E-state index contributed by atoms with van der Waals surface area (Å²) in [7, 11) is 1.74. The van der Waals surface area contributed by atoms with Crippen molar-refractivity contribution in [2.24, 2.45) is 0 Å². The van der Waals surface area contributed by atoms with Crippen LogP contribution in [0.25, 0.3) is 0 Å². The van der Waals surface area contributed by atoms with Crippen LogP contribution in [0.2, 0.25) is 0 Å². The topological polar surface area (TPSA) is 57.8 Å². The molecule has 3 rings (SSSR count). The van der Waals surface area contributed by atoms with E-state index in [0.29, 0.717) is 11.7 Å². The number of aromatic amines is 1. The highest BCUT2D eigenvalue weighted by Gasteiger charge is 2.35. The minimum absolute atomic E-state index is 0.0899. The number of H-pyrrole nitrogens is 1. The Kier molecular flexibility index (Phi) is 5.12. The number of methoxy groups -OCH3 is 1. The van der Waals surface area contributed by atoms with Crippen LogP contribution in [0.3, 0.4) is 0 Å². The van der Waals surface area contributed by atoms with Gasteiger partial charge in [0.1, 0.15) is 5.69 Å². The summed E-state index contributed by atoms with van der Waals surface area (Å²) < 4.78 is 11.2. The lowest BCUT2D eigenvalue weighted by Gasteiger charge is -2.40. The molecule has 6 nitrogen and oxygen atoms in total. The molecule has 122 valence electrons. The normalized spacial score (nSPS) is 26.5. The predicted molar refractivity (Wildman–Crippen MR) is 82.9 cm³/mol. The molecule has 0 aromatic carbocycles. The molecule has 0 spiro atoms. The fourth-order valence-electron chi connectivity index (χ4n) is 3.48. The maximum Gasteiger partial charge on any atom is 0.270 e. The maximum absolute atomic E-state index is 12.5. The van der Waals surface area contributed by atoms with Gasteiger partial charge in [0, 0.05) is 45.5 Å². The van der Waals surface area contributed by atoms with Gasteiger partial charge in [-0.2, -0.15) is 0 Å². The lowest BCUT2D eigenvalue weighted by atomic mass is 10.0. The highest BCUT2D eigenvalue weighted by Crippen LogP contribution is 2.24. The largest absolute Gasteiger partial charge is 0.383 e. The number of morpholine rings is 1. The van der Waals surface area contributed by atoms with E-state index in [9.17, 15) is 4.79 Å². The zero-order chi connectivity index (χ0) is 15.4. The van der Waals surface area contributed by atoms with Crippen molar-refractivity contribution in [1.29, 1.82) is 0 Å². The Balaban J connectivity index is 1.64. The number of nitrogens with one attached hydrogen (secondary N) is 1. The number of rotatable bonds is 4. The van der Waals surface area contributed by atoms with Crippen LogP contribution >= 0.6 is 0 Å². The number of likely N-dealkylation sites (tertiary alicyclic amines) is 1. The van der Waals surface area contributed by atoms with Crippen LogP contribution in [-0.4, -0.2) is 79.3 Å². The number of ether oxygens (including phenoxy) is 2. The third-order valence-electron chi connectivity index (χ3n) is 4.69. The van der Waals surface area contributed by atoms with Crippen molar-refractivity contribution >= 4 is 5.91 Å². The standard InChI is InChI=1S/C16H25N3O3/c1-21-11-9-18-10-12-22-15-5-8-19(7-4-14(15)18)16(20)13-3-2-6-17-13/h2-3,6,14-15,17H,4-5,7-12H2,1H3/t14-,15+/m1/s1. The molecule has 22 heavy (non-hydrogen) atoms. The van der Waals surface area contributed by atoms with Crippen LogP contribution in [-0.2, 0) is 9.47 Å². The van der Waals surface area contributed by atoms with E-state index in [0.717, 1.165) is 52.2 Å². The van der Waals surface area contributed by atoms with Gasteiger partial charge in [-0.05, 0) is 25.0 Å². The smallest absolute Gasteiger partial charge is 0.270 e. The monoisotopic (exact) mass is 307 g/mol. The second-order valence-electron chi connectivity index (χ2n) is 5.96. The quantitative estimate of drug-likeness (QED) is 0.900. The van der Waals surface area contributed by atoms with Crippen molar-refractivity contribution in [3.63, 3.8) is 0 Å². The van der Waals surface area contributed by atoms with E-state index in [1.807, 2.05) is 17.0 Å². The highest BCUT2D eigenvalue weighted by molar-refractivity contribution is 5.92. The van der Waals surface area contributed by atoms with Crippen LogP contribution in [0.1, 0.15) is 23.3 Å². The molecule has 1 aromatic rings. The van der Waals surface area contributed by atoms with Gasteiger partial charge in [-0.15, -0.1) is 0 Å². The van der Waals surface area contributed by atoms with Gasteiger partial charge in [-0.1, -0.05) is 0 Å². The Labute approximate surface area is 131 Å². The van der Waals surface area contributed by atoms with Gasteiger partial charge >= 0.3 is 0 Å². The fraction of sp³-hybridized carbons (Fsp3) is 0.688. The Bertz CT molecular complexity index is 477. The average Bonchev–Trinajstić information content (AvgIpc) is 2.99. The zero-order valence-electron chi connectivity index (χ0n) is 13.2. The van der Waals surface area contributed by atoms with Crippen molar-refractivity contribution < 1.29 is 14.3 Å². The summed E-state index contributed by atoms with van der Waals surface area (Å²) >= 11 is 0. The molecule has 2 atom stereocenters. The van der Waals surface area contributed by atoms with Crippen LogP contribution in [0, 0.1) is 0 Å². The molecule has 2 fully saturated rings. The van der Waals surface area contributed by atoms with Crippen molar-refractivity contribution in [3.05, 3.63) is 24.0 Å². The van der Waals surface area contributed by atoms with Gasteiger partial charge in [-0.3, -0.25) is 9.69 Å². The maximum atomic E-state index is 12.5. The third-order valence-corrected chi connectivity index (χ3v) is 4.69. The van der Waals surface area contributed by atoms with Gasteiger partial charge < -0.3 is 19.4 Å². The molecule has 2 aliphatic heterocycles. The molecule has 2 saturated heterocycles. The molecule has 0 radical (unpaired) electrons. The number of amides is 1. The Morgan fingerprint density at radius 1 is 1.41 bits per heavy atom. The van der Waals surface area contributed by atoms with Crippen LogP contribution in [0.4, 0.5) is 0 Å². The van der Waals surface area contributed by atoms with E-state index < -0.39 is 0 Å². The molecule has 0 unspecified atom stereocenters. The van der Waals surface area contributed by atoms with Crippen LogP contribution in [0.15, 0.2) is 18.3 Å². The highest BCUT2D eigenvalue weighted by atomic mass is 16.5. The third kappa shape index (κ3) is 3.34. The lowest BCUT2D eigenvalue weighted by molar-refractivity contribution is -0.0761. The Morgan fingerprint density at radius 2 is 2.27 bits per heavy atom. The van der Waals surface area contributed by atoms with Gasteiger partial charge in [0.05, 0.1) is 19.3 Å². The minimum Gasteiger partial charge on any atom is -0.383 e. The van der Waals surface area contributed by atoms with E-state index in [4.69, 9.17) is 9.47 Å². The lowest BCUT2D eigenvalue weighted by Crippen LogP contribution is -2.52. The van der Waals surface area contributed by atoms with Crippen molar-refractivity contribution in [3.8, 4) is 0 Å². The number of hydrogen-bond acceptors (Lipinski definition) is 4. The van der Waals surface area contributed by atoms with Gasteiger partial charge in [-0.25, -0.2) is 0 Å². The second-order valence-corrected chi connectivity index (χ2v) is 5.96. The first kappa shape index (κ1) is 15.5. The molecule has 3 heterocycles. The summed E-state index contributed by atoms with van der Waals surface area (Å²) in [5.41, 5.74) is 0.669. The summed E-state index contributed by atoms with van der Waals surface area (Å²) in [5.74, 6) is 0.0899. The van der Waals surface area contributed by atoms with Gasteiger partial charge in [0.25, 0.3) is 5.91 Å². The molecule has 0 bridgehead atoms. The van der Waals surface area contributed by atoms with Crippen LogP contribution < -0.4 is 0 Å². The first-order valence-corrected chi connectivity index (χ1v) is 8.07. The number of carbonyl (C=O) groups excluding carboxylic acids is 1. The van der Waals surface area contributed by atoms with Crippen molar-refractivity contribution in [2.45, 2.75) is 25.0 Å². The SMILES string of the molecule is COCCN1CCO[C@H]2CCN(C(=O)c3ccc[nH]3)CC[C@H]21. The predicted octanol–water partition coefficient (Wildman–Crippen LogP) is 0.967. The molecule has 1 N–H and O–H groups in total. The number of aromatic nitrogens is 1. The summed E-state index contributed by atoms with van der Waals surface area (Å²) in [6.07, 6.45) is 3.88. The molecular weight excluding hydrogens is 282 g/mol. The summed E-state index contributed by atoms with van der Waals surface area (Å²) in [6.45, 7) is 4.95. The van der Waals surface area contributed by atoms with Crippen molar-refractivity contribution in [2.75, 3.05) is 46.5 Å². The molecule has 6 heteroatoms. The minimum atomic E-state index is 0.0899. The molecule has 2 aliphatic rings. The molecular formula is C16H25N3O3.